The van der Waals surface area contributed by atoms with Gasteiger partial charge in [-0.1, -0.05) is 52.0 Å². The van der Waals surface area contributed by atoms with Crippen LogP contribution in [0, 0.1) is 0 Å². The molecular formula is C18H25N3. The molecule has 1 heterocycles. The van der Waals surface area contributed by atoms with Crippen molar-refractivity contribution in [3.8, 4) is 0 Å². The van der Waals surface area contributed by atoms with Crippen LogP contribution in [0.1, 0.15) is 50.6 Å². The van der Waals surface area contributed by atoms with E-state index in [1.54, 1.807) is 12.5 Å². The summed E-state index contributed by atoms with van der Waals surface area (Å²) in [6.45, 7) is 9.77. The van der Waals surface area contributed by atoms with Gasteiger partial charge in [-0.3, -0.25) is 0 Å². The highest BCUT2D eigenvalue weighted by Gasteiger charge is 2.15. The Morgan fingerprint density at radius 3 is 2.33 bits per heavy atom. The summed E-state index contributed by atoms with van der Waals surface area (Å²) < 4.78 is 0. The third-order valence-corrected chi connectivity index (χ3v) is 3.67. The zero-order chi connectivity index (χ0) is 15.3. The summed E-state index contributed by atoms with van der Waals surface area (Å²) in [4.78, 5) is 8.37. The summed E-state index contributed by atoms with van der Waals surface area (Å²) in [5, 5.41) is 3.50. The van der Waals surface area contributed by atoms with Gasteiger partial charge in [-0.05, 0) is 35.6 Å². The molecule has 0 saturated heterocycles. The lowest BCUT2D eigenvalue weighted by Crippen LogP contribution is -2.24. The lowest BCUT2D eigenvalue weighted by molar-refractivity contribution is 0.535. The normalized spacial score (nSPS) is 13.1. The number of likely N-dealkylation sites (N-methyl/N-ethyl adjacent to an activating group) is 1. The molecule has 3 heteroatoms. The van der Waals surface area contributed by atoms with Crippen molar-refractivity contribution in [2.75, 3.05) is 6.54 Å². The number of nitrogens with one attached hydrogen (secondary N) is 1. The molecule has 1 aromatic carbocycles. The molecule has 0 fully saturated rings. The number of benzene rings is 1. The molecule has 0 bridgehead atoms. The lowest BCUT2D eigenvalue weighted by Gasteiger charge is -2.20. The molecule has 0 aliphatic heterocycles. The smallest absolute Gasteiger partial charge is 0.115 e. The first-order valence-electron chi connectivity index (χ1n) is 7.59. The Morgan fingerprint density at radius 2 is 1.81 bits per heavy atom. The van der Waals surface area contributed by atoms with Crippen LogP contribution >= 0.6 is 0 Å². The Bertz CT molecular complexity index is 541. The maximum atomic E-state index is 4.38. The van der Waals surface area contributed by atoms with Crippen LogP contribution in [0.3, 0.4) is 0 Å². The van der Waals surface area contributed by atoms with E-state index < -0.39 is 0 Å². The molecular weight excluding hydrogens is 258 g/mol. The largest absolute Gasteiger partial charge is 0.309 e. The maximum Gasteiger partial charge on any atom is 0.115 e. The van der Waals surface area contributed by atoms with Crippen molar-refractivity contribution < 1.29 is 0 Å². The highest BCUT2D eigenvalue weighted by atomic mass is 14.9. The monoisotopic (exact) mass is 283 g/mol. The Labute approximate surface area is 127 Å². The fourth-order valence-electron chi connectivity index (χ4n) is 2.41. The first-order chi connectivity index (χ1) is 10.0. The number of rotatable bonds is 5. The second-order valence-electron chi connectivity index (χ2n) is 6.40. The molecule has 112 valence electrons. The summed E-state index contributed by atoms with van der Waals surface area (Å²) in [7, 11) is 0. The first-order valence-corrected chi connectivity index (χ1v) is 7.59. The summed E-state index contributed by atoms with van der Waals surface area (Å²) in [5.41, 5.74) is 3.94. The van der Waals surface area contributed by atoms with E-state index >= 15 is 0 Å². The van der Waals surface area contributed by atoms with Crippen LogP contribution in [0.4, 0.5) is 0 Å². The molecule has 1 atom stereocenters. The van der Waals surface area contributed by atoms with Crippen molar-refractivity contribution >= 4 is 0 Å². The van der Waals surface area contributed by atoms with Gasteiger partial charge >= 0.3 is 0 Å². The Kier molecular flexibility index (Phi) is 5.07. The summed E-state index contributed by atoms with van der Waals surface area (Å²) in [5.74, 6) is 0. The molecule has 0 saturated carbocycles. The van der Waals surface area contributed by atoms with Crippen LogP contribution in [0.25, 0.3) is 0 Å². The Morgan fingerprint density at radius 1 is 1.10 bits per heavy atom. The van der Waals surface area contributed by atoms with Gasteiger partial charge in [-0.15, -0.1) is 0 Å². The van der Waals surface area contributed by atoms with Gasteiger partial charge in [0.15, 0.2) is 0 Å². The average molecular weight is 283 g/mol. The van der Waals surface area contributed by atoms with Crippen LogP contribution < -0.4 is 5.32 Å². The quantitative estimate of drug-likeness (QED) is 0.910. The number of hydrogen-bond acceptors (Lipinski definition) is 3. The van der Waals surface area contributed by atoms with Crippen molar-refractivity contribution in [2.24, 2.45) is 0 Å². The van der Waals surface area contributed by atoms with Gasteiger partial charge in [0.05, 0.1) is 11.7 Å². The van der Waals surface area contributed by atoms with Crippen LogP contribution in [0.2, 0.25) is 0 Å². The van der Waals surface area contributed by atoms with Gasteiger partial charge in [-0.2, -0.15) is 0 Å². The fourth-order valence-corrected chi connectivity index (χ4v) is 2.41. The van der Waals surface area contributed by atoms with E-state index in [9.17, 15) is 0 Å². The van der Waals surface area contributed by atoms with E-state index in [0.29, 0.717) is 0 Å². The van der Waals surface area contributed by atoms with Gasteiger partial charge in [0.25, 0.3) is 0 Å². The molecule has 0 spiro atoms. The van der Waals surface area contributed by atoms with Crippen molar-refractivity contribution in [3.05, 3.63) is 59.7 Å². The number of aromatic nitrogens is 2. The van der Waals surface area contributed by atoms with E-state index in [4.69, 9.17) is 0 Å². The van der Waals surface area contributed by atoms with E-state index in [-0.39, 0.29) is 11.5 Å². The third kappa shape index (κ3) is 4.36. The van der Waals surface area contributed by atoms with Crippen LogP contribution in [0.5, 0.6) is 0 Å². The molecule has 0 aliphatic carbocycles. The van der Waals surface area contributed by atoms with Crippen molar-refractivity contribution in [1.82, 2.24) is 15.3 Å². The SMILES string of the molecule is CCNC(Cc1ccc(C(C)(C)C)cc1)c1ccncn1. The molecule has 1 aromatic heterocycles. The average Bonchev–Trinajstić information content (AvgIpc) is 2.47. The van der Waals surface area contributed by atoms with Gasteiger partial charge in [-0.25, -0.2) is 9.97 Å². The van der Waals surface area contributed by atoms with Crippen LogP contribution in [-0.4, -0.2) is 16.5 Å². The predicted octanol–water partition coefficient (Wildman–Crippen LogP) is 3.67. The molecule has 0 aliphatic rings. The minimum absolute atomic E-state index is 0.201. The molecule has 0 amide bonds. The minimum Gasteiger partial charge on any atom is -0.309 e. The van der Waals surface area contributed by atoms with Crippen LogP contribution in [-0.2, 0) is 11.8 Å². The van der Waals surface area contributed by atoms with E-state index in [2.05, 4.69) is 67.2 Å². The van der Waals surface area contributed by atoms with Gasteiger partial charge in [0.1, 0.15) is 6.33 Å². The Hall–Kier alpha value is -1.74. The third-order valence-electron chi connectivity index (χ3n) is 3.67. The van der Waals surface area contributed by atoms with Crippen molar-refractivity contribution in [2.45, 2.75) is 45.6 Å². The van der Waals surface area contributed by atoms with Crippen LogP contribution in [0.15, 0.2) is 42.9 Å². The molecule has 2 aromatic rings. The minimum atomic E-state index is 0.201. The van der Waals surface area contributed by atoms with Crippen molar-refractivity contribution in [1.29, 1.82) is 0 Å². The van der Waals surface area contributed by atoms with E-state index in [1.807, 2.05) is 6.07 Å². The summed E-state index contributed by atoms with van der Waals surface area (Å²) in [6, 6.07) is 11.1. The number of hydrogen-bond donors (Lipinski definition) is 1. The predicted molar refractivity (Wildman–Crippen MR) is 87.3 cm³/mol. The van der Waals surface area contributed by atoms with Gasteiger partial charge < -0.3 is 5.32 Å². The highest BCUT2D eigenvalue weighted by Crippen LogP contribution is 2.23. The lowest BCUT2D eigenvalue weighted by atomic mass is 9.86. The molecule has 21 heavy (non-hydrogen) atoms. The summed E-state index contributed by atoms with van der Waals surface area (Å²) >= 11 is 0. The second-order valence-corrected chi connectivity index (χ2v) is 6.40. The first kappa shape index (κ1) is 15.6. The molecule has 0 radical (unpaired) electrons. The van der Waals surface area contributed by atoms with Gasteiger partial charge in [0, 0.05) is 6.20 Å². The van der Waals surface area contributed by atoms with Crippen molar-refractivity contribution in [3.63, 3.8) is 0 Å². The number of nitrogens with zero attached hydrogens (tertiary/aromatic N) is 2. The second kappa shape index (κ2) is 6.81. The highest BCUT2D eigenvalue weighted by molar-refractivity contribution is 5.28. The maximum absolute atomic E-state index is 4.38. The van der Waals surface area contributed by atoms with Gasteiger partial charge in [0.2, 0.25) is 0 Å². The topological polar surface area (TPSA) is 37.8 Å². The zero-order valence-electron chi connectivity index (χ0n) is 13.4. The zero-order valence-corrected chi connectivity index (χ0v) is 13.4. The fraction of sp³-hybridized carbons (Fsp3) is 0.444. The molecule has 1 N–H and O–H groups in total. The molecule has 3 nitrogen and oxygen atoms in total. The molecule has 2 rings (SSSR count). The van der Waals surface area contributed by atoms with E-state index in [1.165, 1.54) is 11.1 Å². The Balaban J connectivity index is 2.14. The molecule has 1 unspecified atom stereocenters. The van der Waals surface area contributed by atoms with E-state index in [0.717, 1.165) is 18.7 Å². The standard InChI is InChI=1S/C18H25N3/c1-5-20-17(16-10-11-19-13-21-16)12-14-6-8-15(9-7-14)18(2,3)4/h6-11,13,17,20H,5,12H2,1-4H3. The summed E-state index contributed by atoms with van der Waals surface area (Å²) in [6.07, 6.45) is 4.35.